The van der Waals surface area contributed by atoms with E-state index in [2.05, 4.69) is 15.1 Å². The van der Waals surface area contributed by atoms with Crippen LogP contribution in [0.4, 0.5) is 0 Å². The molecule has 0 amide bonds. The molecular formula is C17H19ClN5S+. The summed E-state index contributed by atoms with van der Waals surface area (Å²) in [6.45, 7) is 3.82. The van der Waals surface area contributed by atoms with Gasteiger partial charge >= 0.3 is 0 Å². The predicted octanol–water partition coefficient (Wildman–Crippen LogP) is 2.24. The average Bonchev–Trinajstić information content (AvgIpc) is 3.24. The predicted molar refractivity (Wildman–Crippen MR) is 97.2 cm³/mol. The molecule has 0 radical (unpaired) electrons. The van der Waals surface area contributed by atoms with Crippen molar-refractivity contribution in [3.05, 3.63) is 41.8 Å². The van der Waals surface area contributed by atoms with Crippen molar-refractivity contribution < 1.29 is 4.90 Å². The molecule has 1 aliphatic heterocycles. The number of nitrogens with one attached hydrogen (secondary N) is 1. The Morgan fingerprint density at radius 3 is 2.92 bits per heavy atom. The largest absolute Gasteiger partial charge is 0.334 e. The Labute approximate surface area is 150 Å². The van der Waals surface area contributed by atoms with Crippen molar-refractivity contribution in [3.8, 4) is 5.69 Å². The van der Waals surface area contributed by atoms with Crippen molar-refractivity contribution in [3.63, 3.8) is 0 Å². The van der Waals surface area contributed by atoms with Gasteiger partial charge in [-0.2, -0.15) is 5.10 Å². The molecule has 4 rings (SSSR count). The molecular weight excluding hydrogens is 342 g/mol. The van der Waals surface area contributed by atoms with E-state index in [1.54, 1.807) is 23.0 Å². The van der Waals surface area contributed by atoms with E-state index >= 15 is 0 Å². The van der Waals surface area contributed by atoms with Gasteiger partial charge in [0.1, 0.15) is 11.4 Å². The molecule has 0 aliphatic carbocycles. The van der Waals surface area contributed by atoms with Gasteiger partial charge in [0.15, 0.2) is 5.65 Å². The molecule has 24 heavy (non-hydrogen) atoms. The lowest BCUT2D eigenvalue weighted by molar-refractivity contribution is -0.884. The summed E-state index contributed by atoms with van der Waals surface area (Å²) in [6, 6.07) is 7.64. The Kier molecular flexibility index (Phi) is 4.69. The maximum atomic E-state index is 6.09. The zero-order chi connectivity index (χ0) is 16.4. The molecule has 2 aromatic heterocycles. The summed E-state index contributed by atoms with van der Waals surface area (Å²) in [4.78, 5) is 10.6. The number of aromatic nitrogens is 4. The Bertz CT molecular complexity index is 844. The summed E-state index contributed by atoms with van der Waals surface area (Å²) in [7, 11) is 0. The van der Waals surface area contributed by atoms with Crippen LogP contribution in [-0.2, 0) is 0 Å². The molecule has 1 fully saturated rings. The van der Waals surface area contributed by atoms with E-state index in [9.17, 15) is 0 Å². The highest BCUT2D eigenvalue weighted by Gasteiger charge is 2.16. The van der Waals surface area contributed by atoms with Crippen molar-refractivity contribution in [1.82, 2.24) is 19.7 Å². The van der Waals surface area contributed by atoms with Gasteiger partial charge < -0.3 is 4.90 Å². The molecule has 1 saturated heterocycles. The van der Waals surface area contributed by atoms with Crippen LogP contribution in [0.2, 0.25) is 5.02 Å². The number of halogens is 1. The van der Waals surface area contributed by atoms with E-state index in [1.807, 2.05) is 35.1 Å². The van der Waals surface area contributed by atoms with Crippen LogP contribution in [0.5, 0.6) is 0 Å². The quantitative estimate of drug-likeness (QED) is 0.560. The van der Waals surface area contributed by atoms with Gasteiger partial charge in [0.2, 0.25) is 0 Å². The molecule has 124 valence electrons. The number of fused-ring (bicyclic) bond motifs is 1. The Hall–Kier alpha value is -1.63. The van der Waals surface area contributed by atoms with Gasteiger partial charge in [-0.1, -0.05) is 29.4 Å². The number of hydrogen-bond acceptors (Lipinski definition) is 4. The first-order chi connectivity index (χ1) is 11.8. The first-order valence-electron chi connectivity index (χ1n) is 8.22. The third-order valence-electron chi connectivity index (χ3n) is 4.39. The maximum absolute atomic E-state index is 6.09. The van der Waals surface area contributed by atoms with E-state index in [4.69, 9.17) is 11.6 Å². The fourth-order valence-corrected chi connectivity index (χ4v) is 4.34. The minimum atomic E-state index is 0.688. The van der Waals surface area contributed by atoms with Gasteiger partial charge in [0.25, 0.3) is 0 Å². The van der Waals surface area contributed by atoms with Crippen LogP contribution < -0.4 is 4.90 Å². The lowest BCUT2D eigenvalue weighted by Crippen LogP contribution is -3.10. The summed E-state index contributed by atoms with van der Waals surface area (Å²) in [5.41, 5.74) is 1.73. The fourth-order valence-electron chi connectivity index (χ4n) is 3.15. The Morgan fingerprint density at radius 2 is 2.08 bits per heavy atom. The van der Waals surface area contributed by atoms with Crippen LogP contribution in [0.25, 0.3) is 16.7 Å². The van der Waals surface area contributed by atoms with Crippen molar-refractivity contribution in [2.45, 2.75) is 17.9 Å². The third-order valence-corrected chi connectivity index (χ3v) is 5.63. The van der Waals surface area contributed by atoms with Crippen molar-refractivity contribution in [2.24, 2.45) is 0 Å². The van der Waals surface area contributed by atoms with E-state index < -0.39 is 0 Å². The van der Waals surface area contributed by atoms with E-state index in [1.165, 1.54) is 32.5 Å². The zero-order valence-corrected chi connectivity index (χ0v) is 14.9. The second-order valence-corrected chi connectivity index (χ2v) is 7.53. The minimum Gasteiger partial charge on any atom is -0.334 e. The molecule has 1 aliphatic rings. The first-order valence-corrected chi connectivity index (χ1v) is 9.59. The van der Waals surface area contributed by atoms with Crippen LogP contribution in [-0.4, -0.2) is 45.1 Å². The molecule has 7 heteroatoms. The Balaban J connectivity index is 1.57. The lowest BCUT2D eigenvalue weighted by atomic mass is 10.3. The van der Waals surface area contributed by atoms with Crippen LogP contribution in [0.1, 0.15) is 12.8 Å². The minimum absolute atomic E-state index is 0.688. The van der Waals surface area contributed by atoms with E-state index in [0.29, 0.717) is 5.02 Å². The molecule has 0 atom stereocenters. The summed E-state index contributed by atoms with van der Waals surface area (Å²) in [5.74, 6) is 1.07. The number of thioether (sulfide) groups is 1. The van der Waals surface area contributed by atoms with Crippen molar-refractivity contribution in [1.29, 1.82) is 0 Å². The highest BCUT2D eigenvalue weighted by molar-refractivity contribution is 7.99. The van der Waals surface area contributed by atoms with Gasteiger partial charge in [-0.05, 0) is 18.2 Å². The van der Waals surface area contributed by atoms with Gasteiger partial charge in [0, 0.05) is 23.6 Å². The zero-order valence-electron chi connectivity index (χ0n) is 13.3. The number of hydrogen-bond donors (Lipinski definition) is 1. The summed E-state index contributed by atoms with van der Waals surface area (Å²) >= 11 is 7.89. The van der Waals surface area contributed by atoms with Gasteiger partial charge in [-0.25, -0.2) is 14.6 Å². The SMILES string of the molecule is Clc1cccc(-n2ncc3c(SCC[NH+]4CCCC4)ncnc32)c1. The van der Waals surface area contributed by atoms with Crippen LogP contribution in [0, 0.1) is 0 Å². The average molecular weight is 361 g/mol. The Morgan fingerprint density at radius 1 is 1.21 bits per heavy atom. The third kappa shape index (κ3) is 3.27. The molecule has 3 aromatic rings. The number of rotatable bonds is 5. The topological polar surface area (TPSA) is 48.0 Å². The first kappa shape index (κ1) is 15.9. The molecule has 0 unspecified atom stereocenters. The lowest BCUT2D eigenvalue weighted by Gasteiger charge is -2.11. The van der Waals surface area contributed by atoms with Gasteiger partial charge in [0.05, 0.1) is 36.9 Å². The summed E-state index contributed by atoms with van der Waals surface area (Å²) < 4.78 is 1.82. The molecule has 1 N–H and O–H groups in total. The monoisotopic (exact) mass is 360 g/mol. The number of quaternary nitrogens is 1. The molecule has 0 saturated carbocycles. The molecule has 3 heterocycles. The number of nitrogens with zero attached hydrogens (tertiary/aromatic N) is 4. The molecule has 0 bridgehead atoms. The summed E-state index contributed by atoms with van der Waals surface area (Å²) in [5, 5.41) is 7.18. The van der Waals surface area contributed by atoms with E-state index in [-0.39, 0.29) is 0 Å². The van der Waals surface area contributed by atoms with Crippen LogP contribution in [0.15, 0.2) is 41.8 Å². The van der Waals surface area contributed by atoms with Gasteiger partial charge in [-0.15, -0.1) is 0 Å². The summed E-state index contributed by atoms with van der Waals surface area (Å²) in [6.07, 6.45) is 6.20. The number of benzene rings is 1. The standard InChI is InChI=1S/C17H18ClN5S/c18-13-4-3-5-14(10-13)23-16-15(11-21-23)17(20-12-19-16)24-9-8-22-6-1-2-7-22/h3-5,10-12H,1-2,6-9H2/p+1. The van der Waals surface area contributed by atoms with Crippen molar-refractivity contribution in [2.75, 3.05) is 25.4 Å². The van der Waals surface area contributed by atoms with Crippen LogP contribution >= 0.6 is 23.4 Å². The second-order valence-electron chi connectivity index (χ2n) is 6.01. The van der Waals surface area contributed by atoms with Crippen LogP contribution in [0.3, 0.4) is 0 Å². The maximum Gasteiger partial charge on any atom is 0.167 e. The highest BCUT2D eigenvalue weighted by atomic mass is 35.5. The molecule has 5 nitrogen and oxygen atoms in total. The normalized spacial score (nSPS) is 15.4. The smallest absolute Gasteiger partial charge is 0.167 e. The number of likely N-dealkylation sites (tertiary alicyclic amines) is 1. The van der Waals surface area contributed by atoms with Gasteiger partial charge in [-0.3, -0.25) is 0 Å². The highest BCUT2D eigenvalue weighted by Crippen LogP contribution is 2.26. The fraction of sp³-hybridized carbons (Fsp3) is 0.353. The second kappa shape index (κ2) is 7.09. The molecule has 0 spiro atoms. The van der Waals surface area contributed by atoms with E-state index in [0.717, 1.165) is 27.5 Å². The van der Waals surface area contributed by atoms with Crippen molar-refractivity contribution >= 4 is 34.4 Å². The molecule has 1 aromatic carbocycles.